The zero-order chi connectivity index (χ0) is 17.8. The summed E-state index contributed by atoms with van der Waals surface area (Å²) >= 11 is 1.54. The van der Waals surface area contributed by atoms with Crippen LogP contribution in [0, 0.1) is 5.92 Å². The Morgan fingerprint density at radius 3 is 2.85 bits per heavy atom. The van der Waals surface area contributed by atoms with Gasteiger partial charge in [-0.05, 0) is 36.3 Å². The number of fused-ring (bicyclic) bond motifs is 1. The van der Waals surface area contributed by atoms with Crippen LogP contribution < -0.4 is 5.32 Å². The normalized spacial score (nSPS) is 18.5. The van der Waals surface area contributed by atoms with E-state index in [2.05, 4.69) is 44.8 Å². The molecular weight excluding hydrogens is 342 g/mol. The molecule has 138 valence electrons. The van der Waals surface area contributed by atoms with E-state index in [-0.39, 0.29) is 5.91 Å². The molecule has 1 N–H and O–H groups in total. The molecule has 0 radical (unpaired) electrons. The van der Waals surface area contributed by atoms with Gasteiger partial charge in [0.15, 0.2) is 5.13 Å². The predicted molar refractivity (Wildman–Crippen MR) is 106 cm³/mol. The molecule has 1 aliphatic carbocycles. The second-order valence-electron chi connectivity index (χ2n) is 7.63. The van der Waals surface area contributed by atoms with Crippen molar-refractivity contribution in [2.24, 2.45) is 5.92 Å². The lowest BCUT2D eigenvalue weighted by Gasteiger charge is -2.27. The highest BCUT2D eigenvalue weighted by Gasteiger charge is 2.19. The summed E-state index contributed by atoms with van der Waals surface area (Å²) in [5.41, 5.74) is 3.95. The molecule has 5 heteroatoms. The molecule has 0 bridgehead atoms. The first-order chi connectivity index (χ1) is 12.8. The van der Waals surface area contributed by atoms with Gasteiger partial charge in [-0.2, -0.15) is 0 Å². The number of nitrogens with one attached hydrogen (secondary N) is 1. The van der Waals surface area contributed by atoms with Gasteiger partial charge >= 0.3 is 0 Å². The highest BCUT2D eigenvalue weighted by atomic mass is 32.1. The number of carbonyl (C=O) groups is 1. The van der Waals surface area contributed by atoms with Crippen LogP contribution in [0.1, 0.15) is 55.3 Å². The van der Waals surface area contributed by atoms with Crippen LogP contribution in [0.15, 0.2) is 29.6 Å². The monoisotopic (exact) mass is 369 g/mol. The Morgan fingerprint density at radius 1 is 1.19 bits per heavy atom. The molecule has 1 aromatic carbocycles. The molecule has 2 aliphatic rings. The molecule has 1 saturated carbocycles. The van der Waals surface area contributed by atoms with Gasteiger partial charge in [0, 0.05) is 31.4 Å². The second kappa shape index (κ2) is 8.31. The van der Waals surface area contributed by atoms with Gasteiger partial charge < -0.3 is 5.32 Å². The summed E-state index contributed by atoms with van der Waals surface area (Å²) in [7, 11) is 0. The van der Waals surface area contributed by atoms with Crippen molar-refractivity contribution in [1.29, 1.82) is 0 Å². The maximum atomic E-state index is 12.3. The van der Waals surface area contributed by atoms with E-state index in [0.29, 0.717) is 12.3 Å². The first kappa shape index (κ1) is 17.7. The van der Waals surface area contributed by atoms with Crippen molar-refractivity contribution in [3.05, 3.63) is 46.5 Å². The number of hydrogen-bond acceptors (Lipinski definition) is 4. The van der Waals surface area contributed by atoms with Crippen LogP contribution in [-0.2, 0) is 24.3 Å². The molecule has 1 aromatic heterocycles. The number of carbonyl (C=O) groups excluding carboxylic acids is 1. The fourth-order valence-corrected chi connectivity index (χ4v) is 4.90. The number of thiazole rings is 1. The Bertz CT molecular complexity index is 751. The number of benzene rings is 1. The fourth-order valence-electron chi connectivity index (χ4n) is 4.18. The number of rotatable bonds is 5. The van der Waals surface area contributed by atoms with Crippen molar-refractivity contribution < 1.29 is 4.79 Å². The number of aromatic nitrogens is 1. The SMILES string of the molecule is O=C(CC1CCCCC1)Nc1nc(CN2CCc3ccccc3C2)cs1. The Hall–Kier alpha value is -1.72. The summed E-state index contributed by atoms with van der Waals surface area (Å²) in [6, 6.07) is 8.69. The largest absolute Gasteiger partial charge is 0.302 e. The van der Waals surface area contributed by atoms with Gasteiger partial charge in [0.1, 0.15) is 0 Å². The predicted octanol–water partition coefficient (Wildman–Crippen LogP) is 4.61. The highest BCUT2D eigenvalue weighted by Crippen LogP contribution is 2.27. The lowest BCUT2D eigenvalue weighted by Crippen LogP contribution is -2.30. The Kier molecular flexibility index (Phi) is 5.65. The van der Waals surface area contributed by atoms with Gasteiger partial charge in [0.25, 0.3) is 0 Å². The van der Waals surface area contributed by atoms with Crippen LogP contribution in [0.5, 0.6) is 0 Å². The van der Waals surface area contributed by atoms with E-state index in [9.17, 15) is 4.79 Å². The average Bonchev–Trinajstić information content (AvgIpc) is 3.09. The number of hydrogen-bond donors (Lipinski definition) is 1. The highest BCUT2D eigenvalue weighted by molar-refractivity contribution is 7.13. The van der Waals surface area contributed by atoms with Crippen LogP contribution in [0.3, 0.4) is 0 Å². The van der Waals surface area contributed by atoms with Gasteiger partial charge in [-0.3, -0.25) is 9.69 Å². The molecule has 4 nitrogen and oxygen atoms in total. The molecule has 26 heavy (non-hydrogen) atoms. The van der Waals surface area contributed by atoms with Crippen LogP contribution in [-0.4, -0.2) is 22.3 Å². The van der Waals surface area contributed by atoms with E-state index in [1.165, 1.54) is 43.2 Å². The topological polar surface area (TPSA) is 45.2 Å². The summed E-state index contributed by atoms with van der Waals surface area (Å²) in [5.74, 6) is 0.696. The minimum atomic E-state index is 0.129. The Labute approximate surface area is 159 Å². The fraction of sp³-hybridized carbons (Fsp3) is 0.524. The van der Waals surface area contributed by atoms with E-state index in [4.69, 9.17) is 0 Å². The van der Waals surface area contributed by atoms with Crippen molar-refractivity contribution in [3.63, 3.8) is 0 Å². The quantitative estimate of drug-likeness (QED) is 0.837. The average molecular weight is 370 g/mol. The third-order valence-electron chi connectivity index (χ3n) is 5.59. The van der Waals surface area contributed by atoms with Gasteiger partial charge in [-0.1, -0.05) is 43.5 Å². The zero-order valence-electron chi connectivity index (χ0n) is 15.2. The molecule has 1 fully saturated rings. The summed E-state index contributed by atoms with van der Waals surface area (Å²) in [5, 5.41) is 5.84. The molecule has 2 heterocycles. The second-order valence-corrected chi connectivity index (χ2v) is 8.49. The third kappa shape index (κ3) is 4.51. The van der Waals surface area contributed by atoms with E-state index in [1.807, 2.05) is 0 Å². The smallest absolute Gasteiger partial charge is 0.226 e. The van der Waals surface area contributed by atoms with Gasteiger partial charge in [0.05, 0.1) is 5.69 Å². The summed E-state index contributed by atoms with van der Waals surface area (Å²) in [6.07, 6.45) is 8.04. The van der Waals surface area contributed by atoms with Crippen LogP contribution in [0.4, 0.5) is 5.13 Å². The molecule has 0 atom stereocenters. The van der Waals surface area contributed by atoms with Crippen molar-refractivity contribution in [3.8, 4) is 0 Å². The van der Waals surface area contributed by atoms with Crippen LogP contribution >= 0.6 is 11.3 Å². The first-order valence-electron chi connectivity index (χ1n) is 9.79. The molecule has 0 unspecified atom stereocenters. The summed E-state index contributed by atoms with van der Waals surface area (Å²) in [6.45, 7) is 2.90. The standard InChI is InChI=1S/C21H27N3OS/c25-20(12-16-6-2-1-3-7-16)23-21-22-19(15-26-21)14-24-11-10-17-8-4-5-9-18(17)13-24/h4-5,8-9,15-16H,1-3,6-7,10-14H2,(H,22,23,25). The number of amides is 1. The lowest BCUT2D eigenvalue weighted by molar-refractivity contribution is -0.117. The summed E-state index contributed by atoms with van der Waals surface area (Å²) < 4.78 is 0. The molecule has 0 saturated heterocycles. The zero-order valence-corrected chi connectivity index (χ0v) is 16.1. The van der Waals surface area contributed by atoms with Crippen LogP contribution in [0.2, 0.25) is 0 Å². The molecule has 2 aromatic rings. The molecule has 4 rings (SSSR count). The molecule has 0 spiro atoms. The maximum absolute atomic E-state index is 12.3. The van der Waals surface area contributed by atoms with Crippen molar-refractivity contribution in [2.75, 3.05) is 11.9 Å². The van der Waals surface area contributed by atoms with E-state index >= 15 is 0 Å². The Balaban J connectivity index is 1.29. The van der Waals surface area contributed by atoms with Gasteiger partial charge in [0.2, 0.25) is 5.91 Å². The van der Waals surface area contributed by atoms with Gasteiger partial charge in [-0.25, -0.2) is 4.98 Å². The van der Waals surface area contributed by atoms with Crippen molar-refractivity contribution >= 4 is 22.4 Å². The minimum absolute atomic E-state index is 0.129. The lowest BCUT2D eigenvalue weighted by atomic mass is 9.87. The van der Waals surface area contributed by atoms with Crippen molar-refractivity contribution in [1.82, 2.24) is 9.88 Å². The number of nitrogens with zero attached hydrogens (tertiary/aromatic N) is 2. The first-order valence-corrected chi connectivity index (χ1v) is 10.7. The minimum Gasteiger partial charge on any atom is -0.302 e. The van der Waals surface area contributed by atoms with E-state index in [0.717, 1.165) is 36.9 Å². The maximum Gasteiger partial charge on any atom is 0.226 e. The number of anilines is 1. The molecule has 1 amide bonds. The third-order valence-corrected chi connectivity index (χ3v) is 6.40. The van der Waals surface area contributed by atoms with Crippen molar-refractivity contribution in [2.45, 2.75) is 58.0 Å². The van der Waals surface area contributed by atoms with E-state index < -0.39 is 0 Å². The van der Waals surface area contributed by atoms with Crippen LogP contribution in [0.25, 0.3) is 0 Å². The summed E-state index contributed by atoms with van der Waals surface area (Å²) in [4.78, 5) is 19.3. The molecule has 1 aliphatic heterocycles. The van der Waals surface area contributed by atoms with E-state index in [1.54, 1.807) is 11.3 Å². The van der Waals surface area contributed by atoms with Gasteiger partial charge in [-0.15, -0.1) is 11.3 Å². The molecular formula is C21H27N3OS. The Morgan fingerprint density at radius 2 is 2.00 bits per heavy atom.